The number of esters is 1. The molecule has 4 rings (SSSR count). The Hall–Kier alpha value is -2.56. The molecule has 118 valence electrons. The molecule has 1 heterocycles. The Kier molecular flexibility index (Phi) is 3.41. The van der Waals surface area contributed by atoms with Gasteiger partial charge in [-0.2, -0.15) is 0 Å². The van der Waals surface area contributed by atoms with Gasteiger partial charge in [0.1, 0.15) is 12.4 Å². The van der Waals surface area contributed by atoms with Crippen molar-refractivity contribution in [1.82, 2.24) is 0 Å². The summed E-state index contributed by atoms with van der Waals surface area (Å²) >= 11 is 0. The van der Waals surface area contributed by atoms with Crippen molar-refractivity contribution in [2.24, 2.45) is 5.92 Å². The molecule has 1 saturated carbocycles. The molecule has 0 N–H and O–H groups in total. The second kappa shape index (κ2) is 5.57. The van der Waals surface area contributed by atoms with E-state index >= 15 is 0 Å². The number of fused-ring (bicyclic) bond motifs is 1. The minimum atomic E-state index is -0.267. The van der Waals surface area contributed by atoms with Gasteiger partial charge in [0.05, 0.1) is 5.92 Å². The molecule has 0 spiro atoms. The summed E-state index contributed by atoms with van der Waals surface area (Å²) in [6, 6.07) is 11.8. The van der Waals surface area contributed by atoms with Crippen LogP contribution in [0, 0.1) is 11.7 Å². The van der Waals surface area contributed by atoms with Gasteiger partial charge in [0, 0.05) is 0 Å². The molecule has 2 atom stereocenters. The molecule has 0 amide bonds. The van der Waals surface area contributed by atoms with Crippen LogP contribution in [0.25, 0.3) is 0 Å². The minimum absolute atomic E-state index is 0.130. The van der Waals surface area contributed by atoms with Crippen LogP contribution in [0.15, 0.2) is 42.5 Å². The molecular formula is C18H15FO4. The highest BCUT2D eigenvalue weighted by Gasteiger charge is 2.45. The van der Waals surface area contributed by atoms with E-state index < -0.39 is 0 Å². The summed E-state index contributed by atoms with van der Waals surface area (Å²) in [6.45, 7) is 0.433. The lowest BCUT2D eigenvalue weighted by atomic mass is 10.1. The van der Waals surface area contributed by atoms with E-state index in [0.717, 1.165) is 17.5 Å². The van der Waals surface area contributed by atoms with Gasteiger partial charge < -0.3 is 14.2 Å². The Bertz CT molecular complexity index is 741. The van der Waals surface area contributed by atoms with E-state index in [9.17, 15) is 9.18 Å². The average Bonchev–Trinajstić information content (AvgIpc) is 3.23. The van der Waals surface area contributed by atoms with E-state index in [1.54, 1.807) is 12.1 Å². The van der Waals surface area contributed by atoms with E-state index in [1.165, 1.54) is 12.1 Å². The first-order chi connectivity index (χ1) is 11.2. The third-order valence-corrected chi connectivity index (χ3v) is 4.21. The predicted octanol–water partition coefficient (Wildman–Crippen LogP) is 3.40. The molecule has 4 nitrogen and oxygen atoms in total. The summed E-state index contributed by atoms with van der Waals surface area (Å²) in [4.78, 5) is 12.1. The Morgan fingerprint density at radius 1 is 1.13 bits per heavy atom. The Labute approximate surface area is 132 Å². The van der Waals surface area contributed by atoms with Gasteiger partial charge in [-0.1, -0.05) is 18.2 Å². The minimum Gasteiger partial charge on any atom is -0.461 e. The molecule has 5 heteroatoms. The lowest BCUT2D eigenvalue weighted by Crippen LogP contribution is -2.08. The summed E-state index contributed by atoms with van der Waals surface area (Å²) in [7, 11) is 0. The van der Waals surface area contributed by atoms with E-state index in [4.69, 9.17) is 14.2 Å². The highest BCUT2D eigenvalue weighted by atomic mass is 19.1. The third kappa shape index (κ3) is 2.86. The molecule has 0 radical (unpaired) electrons. The first kappa shape index (κ1) is 14.1. The number of carbonyl (C=O) groups is 1. The normalized spacial score (nSPS) is 21.1. The highest BCUT2D eigenvalue weighted by Crippen LogP contribution is 2.48. The standard InChI is InChI=1S/C18H15FO4/c19-13-4-2-12(3-5-13)14-8-15(14)18(20)21-9-11-1-6-16-17(7-11)23-10-22-16/h1-7,14-15H,8-10H2. The van der Waals surface area contributed by atoms with Crippen molar-refractivity contribution in [3.8, 4) is 11.5 Å². The molecule has 0 aromatic heterocycles. The van der Waals surface area contributed by atoms with Gasteiger partial charge in [-0.15, -0.1) is 0 Å². The van der Waals surface area contributed by atoms with Crippen LogP contribution in [0.5, 0.6) is 11.5 Å². The summed E-state index contributed by atoms with van der Waals surface area (Å²) < 4.78 is 28.8. The number of halogens is 1. The quantitative estimate of drug-likeness (QED) is 0.811. The van der Waals surface area contributed by atoms with Gasteiger partial charge in [0.2, 0.25) is 6.79 Å². The fourth-order valence-electron chi connectivity index (χ4n) is 2.83. The van der Waals surface area contributed by atoms with Crippen molar-refractivity contribution in [3.63, 3.8) is 0 Å². The van der Waals surface area contributed by atoms with Crippen molar-refractivity contribution < 1.29 is 23.4 Å². The zero-order valence-corrected chi connectivity index (χ0v) is 12.3. The van der Waals surface area contributed by atoms with Gasteiger partial charge in [0.15, 0.2) is 11.5 Å². The van der Waals surface area contributed by atoms with Crippen LogP contribution < -0.4 is 9.47 Å². The van der Waals surface area contributed by atoms with Gasteiger partial charge in [-0.25, -0.2) is 4.39 Å². The van der Waals surface area contributed by atoms with Gasteiger partial charge in [-0.3, -0.25) is 4.79 Å². The summed E-state index contributed by atoms with van der Waals surface area (Å²) in [6.07, 6.45) is 0.756. The number of ether oxygens (including phenoxy) is 3. The maximum Gasteiger partial charge on any atom is 0.309 e. The first-order valence-electron chi connectivity index (χ1n) is 7.51. The SMILES string of the molecule is O=C(OCc1ccc2c(c1)OCO2)C1CC1c1ccc(F)cc1. The van der Waals surface area contributed by atoms with Gasteiger partial charge >= 0.3 is 5.97 Å². The molecule has 2 unspecified atom stereocenters. The van der Waals surface area contributed by atoms with Crippen LogP contribution in [0.3, 0.4) is 0 Å². The topological polar surface area (TPSA) is 44.8 Å². The predicted molar refractivity (Wildman–Crippen MR) is 79.6 cm³/mol. The molecule has 2 aromatic rings. The Morgan fingerprint density at radius 2 is 1.91 bits per heavy atom. The van der Waals surface area contributed by atoms with E-state index in [-0.39, 0.29) is 37.0 Å². The Balaban J connectivity index is 1.33. The second-order valence-corrected chi connectivity index (χ2v) is 5.80. The second-order valence-electron chi connectivity index (χ2n) is 5.80. The van der Waals surface area contributed by atoms with Crippen molar-refractivity contribution >= 4 is 5.97 Å². The molecule has 1 fully saturated rings. The summed E-state index contributed by atoms with van der Waals surface area (Å²) in [5.41, 5.74) is 1.85. The van der Waals surface area contributed by atoms with Gasteiger partial charge in [0.25, 0.3) is 0 Å². The monoisotopic (exact) mass is 314 g/mol. The number of hydrogen-bond acceptors (Lipinski definition) is 4. The molecule has 2 aliphatic rings. The maximum absolute atomic E-state index is 12.9. The number of hydrogen-bond donors (Lipinski definition) is 0. The third-order valence-electron chi connectivity index (χ3n) is 4.21. The van der Waals surface area contributed by atoms with Crippen LogP contribution in [0.2, 0.25) is 0 Å². The number of benzene rings is 2. The largest absolute Gasteiger partial charge is 0.461 e. The fraction of sp³-hybridized carbons (Fsp3) is 0.278. The molecule has 23 heavy (non-hydrogen) atoms. The first-order valence-corrected chi connectivity index (χ1v) is 7.51. The summed E-state index contributed by atoms with van der Waals surface area (Å²) in [5.74, 6) is 0.912. The fourth-order valence-corrected chi connectivity index (χ4v) is 2.83. The maximum atomic E-state index is 12.9. The van der Waals surface area contributed by atoms with E-state index in [1.807, 2.05) is 18.2 Å². The average molecular weight is 314 g/mol. The van der Waals surface area contributed by atoms with Crippen LogP contribution in [-0.4, -0.2) is 12.8 Å². The molecule has 2 aromatic carbocycles. The molecule has 1 aliphatic heterocycles. The van der Waals surface area contributed by atoms with E-state index in [0.29, 0.717) is 11.5 Å². The van der Waals surface area contributed by atoms with Gasteiger partial charge in [-0.05, 0) is 47.7 Å². The number of rotatable bonds is 4. The van der Waals surface area contributed by atoms with Crippen molar-refractivity contribution in [2.45, 2.75) is 18.9 Å². The molecular weight excluding hydrogens is 299 g/mol. The van der Waals surface area contributed by atoms with Crippen LogP contribution in [-0.2, 0) is 16.1 Å². The molecule has 0 saturated heterocycles. The van der Waals surface area contributed by atoms with Crippen molar-refractivity contribution in [1.29, 1.82) is 0 Å². The van der Waals surface area contributed by atoms with Crippen molar-refractivity contribution in [2.75, 3.05) is 6.79 Å². The zero-order chi connectivity index (χ0) is 15.8. The van der Waals surface area contributed by atoms with Crippen LogP contribution in [0.1, 0.15) is 23.5 Å². The van der Waals surface area contributed by atoms with Crippen LogP contribution >= 0.6 is 0 Å². The molecule has 0 bridgehead atoms. The van der Waals surface area contributed by atoms with Crippen LogP contribution in [0.4, 0.5) is 4.39 Å². The highest BCUT2D eigenvalue weighted by molar-refractivity contribution is 5.77. The lowest BCUT2D eigenvalue weighted by Gasteiger charge is -2.06. The smallest absolute Gasteiger partial charge is 0.309 e. The summed E-state index contributed by atoms with van der Waals surface area (Å²) in [5, 5.41) is 0. The lowest BCUT2D eigenvalue weighted by molar-refractivity contribution is -0.146. The number of carbonyl (C=O) groups excluding carboxylic acids is 1. The van der Waals surface area contributed by atoms with E-state index in [2.05, 4.69) is 0 Å². The van der Waals surface area contributed by atoms with Crippen molar-refractivity contribution in [3.05, 3.63) is 59.4 Å². The Morgan fingerprint density at radius 3 is 2.74 bits per heavy atom. The zero-order valence-electron chi connectivity index (χ0n) is 12.3. The molecule has 1 aliphatic carbocycles.